The predicted molar refractivity (Wildman–Crippen MR) is 110 cm³/mol. The molecule has 150 valence electrons. The maximum absolute atomic E-state index is 12.4. The number of carbonyl (C=O) groups excluding carboxylic acids is 1. The third-order valence-corrected chi connectivity index (χ3v) is 5.05. The van der Waals surface area contributed by atoms with Crippen molar-refractivity contribution in [3.8, 4) is 11.5 Å². The number of rotatable bonds is 7. The molecule has 1 heterocycles. The summed E-state index contributed by atoms with van der Waals surface area (Å²) in [6.45, 7) is 4.70. The molecule has 0 atom stereocenters. The molecule has 0 unspecified atom stereocenters. The SMILES string of the molecule is COc1ccc(CN2CCN(C(=O)NCCc3ccccc3)CC2)cc1OC. The standard InChI is InChI=1S/C22H29N3O3/c1-27-20-9-8-19(16-21(20)28-2)17-24-12-14-25(15-13-24)22(26)23-11-10-18-6-4-3-5-7-18/h3-9,16H,10-15,17H2,1-2H3,(H,23,26). The first-order valence-electron chi connectivity index (χ1n) is 9.69. The summed E-state index contributed by atoms with van der Waals surface area (Å²) in [6, 6.07) is 16.3. The van der Waals surface area contributed by atoms with Crippen LogP contribution in [0.3, 0.4) is 0 Å². The van der Waals surface area contributed by atoms with E-state index in [1.165, 1.54) is 11.1 Å². The first kappa shape index (κ1) is 20.0. The highest BCUT2D eigenvalue weighted by atomic mass is 16.5. The van der Waals surface area contributed by atoms with Crippen molar-refractivity contribution in [2.75, 3.05) is 46.9 Å². The van der Waals surface area contributed by atoms with Gasteiger partial charge in [-0.3, -0.25) is 4.90 Å². The van der Waals surface area contributed by atoms with Crippen LogP contribution in [0.2, 0.25) is 0 Å². The largest absolute Gasteiger partial charge is 0.493 e. The first-order chi connectivity index (χ1) is 13.7. The Kier molecular flexibility index (Phi) is 7.14. The van der Waals surface area contributed by atoms with Crippen molar-refractivity contribution in [1.29, 1.82) is 0 Å². The van der Waals surface area contributed by atoms with Crippen molar-refractivity contribution >= 4 is 6.03 Å². The van der Waals surface area contributed by atoms with Crippen molar-refractivity contribution < 1.29 is 14.3 Å². The van der Waals surface area contributed by atoms with E-state index in [0.717, 1.165) is 50.6 Å². The molecule has 1 aliphatic heterocycles. The van der Waals surface area contributed by atoms with Crippen LogP contribution in [0.25, 0.3) is 0 Å². The van der Waals surface area contributed by atoms with Crippen LogP contribution in [-0.2, 0) is 13.0 Å². The highest BCUT2D eigenvalue weighted by molar-refractivity contribution is 5.74. The Morgan fingerprint density at radius 1 is 0.929 bits per heavy atom. The normalized spacial score (nSPS) is 14.6. The second kappa shape index (κ2) is 9.99. The number of hydrogen-bond acceptors (Lipinski definition) is 4. The second-order valence-electron chi connectivity index (χ2n) is 6.92. The summed E-state index contributed by atoms with van der Waals surface area (Å²) in [7, 11) is 3.29. The van der Waals surface area contributed by atoms with Crippen LogP contribution in [0.4, 0.5) is 4.79 Å². The van der Waals surface area contributed by atoms with Gasteiger partial charge in [0.25, 0.3) is 0 Å². The summed E-state index contributed by atoms with van der Waals surface area (Å²) in [5, 5.41) is 3.03. The zero-order valence-electron chi connectivity index (χ0n) is 16.7. The molecule has 6 nitrogen and oxygen atoms in total. The Bertz CT molecular complexity index is 759. The van der Waals surface area contributed by atoms with E-state index in [4.69, 9.17) is 9.47 Å². The number of nitrogens with zero attached hydrogens (tertiary/aromatic N) is 2. The highest BCUT2D eigenvalue weighted by Crippen LogP contribution is 2.28. The Hall–Kier alpha value is -2.73. The number of hydrogen-bond donors (Lipinski definition) is 1. The van der Waals surface area contributed by atoms with Gasteiger partial charge in [0.15, 0.2) is 11.5 Å². The molecule has 1 N–H and O–H groups in total. The molecule has 1 saturated heterocycles. The number of benzene rings is 2. The molecule has 0 radical (unpaired) electrons. The van der Waals surface area contributed by atoms with E-state index in [1.807, 2.05) is 35.2 Å². The van der Waals surface area contributed by atoms with E-state index < -0.39 is 0 Å². The Balaban J connectivity index is 1.42. The minimum atomic E-state index is 0.0293. The van der Waals surface area contributed by atoms with Crippen molar-refractivity contribution in [2.45, 2.75) is 13.0 Å². The van der Waals surface area contributed by atoms with Gasteiger partial charge in [-0.05, 0) is 29.7 Å². The number of piperazine rings is 1. The second-order valence-corrected chi connectivity index (χ2v) is 6.92. The molecule has 0 spiro atoms. The Morgan fingerprint density at radius 2 is 1.64 bits per heavy atom. The van der Waals surface area contributed by atoms with Crippen LogP contribution in [-0.4, -0.2) is 62.8 Å². The topological polar surface area (TPSA) is 54.0 Å². The van der Waals surface area contributed by atoms with E-state index in [9.17, 15) is 4.79 Å². The molecule has 2 aromatic rings. The fourth-order valence-electron chi connectivity index (χ4n) is 3.42. The predicted octanol–water partition coefficient (Wildman–Crippen LogP) is 2.77. The van der Waals surface area contributed by atoms with Gasteiger partial charge in [-0.25, -0.2) is 4.79 Å². The van der Waals surface area contributed by atoms with Crippen LogP contribution < -0.4 is 14.8 Å². The molecule has 0 aliphatic carbocycles. The lowest BCUT2D eigenvalue weighted by Gasteiger charge is -2.34. The molecule has 2 aromatic carbocycles. The molecule has 0 bridgehead atoms. The zero-order valence-corrected chi connectivity index (χ0v) is 16.7. The van der Waals surface area contributed by atoms with Crippen molar-refractivity contribution in [1.82, 2.24) is 15.1 Å². The molecule has 1 aliphatic rings. The molecule has 3 rings (SSSR count). The van der Waals surface area contributed by atoms with Gasteiger partial charge < -0.3 is 19.7 Å². The average molecular weight is 383 g/mol. The number of methoxy groups -OCH3 is 2. The summed E-state index contributed by atoms with van der Waals surface area (Å²) in [4.78, 5) is 16.6. The number of ether oxygens (including phenoxy) is 2. The molecule has 28 heavy (non-hydrogen) atoms. The van der Waals surface area contributed by atoms with Gasteiger partial charge in [-0.15, -0.1) is 0 Å². The van der Waals surface area contributed by atoms with E-state index in [2.05, 4.69) is 28.4 Å². The Morgan fingerprint density at radius 3 is 2.32 bits per heavy atom. The lowest BCUT2D eigenvalue weighted by Crippen LogP contribution is -2.51. The van der Waals surface area contributed by atoms with Gasteiger partial charge >= 0.3 is 6.03 Å². The van der Waals surface area contributed by atoms with Crippen molar-refractivity contribution in [2.24, 2.45) is 0 Å². The lowest BCUT2D eigenvalue weighted by molar-refractivity contribution is 0.135. The summed E-state index contributed by atoms with van der Waals surface area (Å²) in [5.74, 6) is 1.49. The van der Waals surface area contributed by atoms with Crippen LogP contribution >= 0.6 is 0 Å². The third kappa shape index (κ3) is 5.39. The van der Waals surface area contributed by atoms with Gasteiger partial charge in [-0.2, -0.15) is 0 Å². The van der Waals surface area contributed by atoms with Gasteiger partial charge in [-0.1, -0.05) is 36.4 Å². The van der Waals surface area contributed by atoms with E-state index >= 15 is 0 Å². The maximum Gasteiger partial charge on any atom is 0.317 e. The summed E-state index contributed by atoms with van der Waals surface area (Å²) >= 11 is 0. The Labute approximate surface area is 167 Å². The van der Waals surface area contributed by atoms with Gasteiger partial charge in [0.05, 0.1) is 14.2 Å². The van der Waals surface area contributed by atoms with Crippen LogP contribution in [0.5, 0.6) is 11.5 Å². The van der Waals surface area contributed by atoms with Crippen molar-refractivity contribution in [3.05, 3.63) is 59.7 Å². The van der Waals surface area contributed by atoms with Gasteiger partial charge in [0, 0.05) is 39.3 Å². The molecule has 6 heteroatoms. The average Bonchev–Trinajstić information content (AvgIpc) is 2.75. The molecular weight excluding hydrogens is 354 g/mol. The zero-order chi connectivity index (χ0) is 19.8. The van der Waals surface area contributed by atoms with Crippen molar-refractivity contribution in [3.63, 3.8) is 0 Å². The molecular formula is C22H29N3O3. The van der Waals surface area contributed by atoms with E-state index in [0.29, 0.717) is 6.54 Å². The smallest absolute Gasteiger partial charge is 0.317 e. The quantitative estimate of drug-likeness (QED) is 0.799. The lowest BCUT2D eigenvalue weighted by atomic mass is 10.1. The number of urea groups is 1. The fraction of sp³-hybridized carbons (Fsp3) is 0.409. The summed E-state index contributed by atoms with van der Waals surface area (Å²) in [6.07, 6.45) is 0.853. The third-order valence-electron chi connectivity index (χ3n) is 5.05. The molecule has 2 amide bonds. The summed E-state index contributed by atoms with van der Waals surface area (Å²) < 4.78 is 10.7. The number of nitrogens with one attached hydrogen (secondary N) is 1. The maximum atomic E-state index is 12.4. The van der Waals surface area contributed by atoms with Gasteiger partial charge in [0.2, 0.25) is 0 Å². The van der Waals surface area contributed by atoms with Crippen LogP contribution in [0.15, 0.2) is 48.5 Å². The van der Waals surface area contributed by atoms with Crippen LogP contribution in [0, 0.1) is 0 Å². The number of carbonyl (C=O) groups is 1. The fourth-order valence-corrected chi connectivity index (χ4v) is 3.42. The first-order valence-corrected chi connectivity index (χ1v) is 9.69. The van der Waals surface area contributed by atoms with E-state index in [1.54, 1.807) is 14.2 Å². The molecule has 1 fully saturated rings. The van der Waals surface area contributed by atoms with Gasteiger partial charge in [0.1, 0.15) is 0 Å². The minimum absolute atomic E-state index is 0.0293. The molecule has 0 saturated carbocycles. The number of amides is 2. The monoisotopic (exact) mass is 383 g/mol. The summed E-state index contributed by atoms with van der Waals surface area (Å²) in [5.41, 5.74) is 2.42. The minimum Gasteiger partial charge on any atom is -0.493 e. The van der Waals surface area contributed by atoms with Crippen LogP contribution in [0.1, 0.15) is 11.1 Å². The van der Waals surface area contributed by atoms with E-state index in [-0.39, 0.29) is 6.03 Å². The molecule has 0 aromatic heterocycles. The highest BCUT2D eigenvalue weighted by Gasteiger charge is 2.21.